The number of nitrogen functional groups attached to an aromatic ring is 1. The number of hydrogen-bond donors (Lipinski definition) is 2. The molecule has 0 spiro atoms. The molecule has 4 aromatic rings. The van der Waals surface area contributed by atoms with Crippen LogP contribution in [0.15, 0.2) is 43.0 Å². The van der Waals surface area contributed by atoms with E-state index in [1.807, 2.05) is 18.2 Å². The predicted octanol–water partition coefficient (Wildman–Crippen LogP) is 3.88. The molecule has 2 heterocycles. The molecular formula is C17H12Cl2N6O. The molecule has 0 aliphatic rings. The van der Waals surface area contributed by atoms with Crippen LogP contribution in [-0.2, 0) is 6.61 Å². The minimum atomic E-state index is 0.185. The smallest absolute Gasteiger partial charge is 0.187 e. The van der Waals surface area contributed by atoms with Crippen molar-refractivity contribution in [1.29, 1.82) is 0 Å². The number of nitrogens with one attached hydrogen (secondary N) is 1. The Morgan fingerprint density at radius 1 is 1.04 bits per heavy atom. The second-order valence-corrected chi connectivity index (χ2v) is 6.18. The van der Waals surface area contributed by atoms with Crippen molar-refractivity contribution in [3.05, 3.63) is 58.9 Å². The molecule has 2 aromatic heterocycles. The van der Waals surface area contributed by atoms with Crippen LogP contribution in [0.4, 0.5) is 5.82 Å². The van der Waals surface area contributed by atoms with E-state index in [2.05, 4.69) is 25.1 Å². The zero-order chi connectivity index (χ0) is 18.1. The summed E-state index contributed by atoms with van der Waals surface area (Å²) in [6, 6.07) is 9.08. The highest BCUT2D eigenvalue weighted by Gasteiger charge is 2.16. The summed E-state index contributed by atoms with van der Waals surface area (Å²) in [7, 11) is 0. The third-order valence-corrected chi connectivity index (χ3v) is 4.66. The Bertz CT molecular complexity index is 1080. The average Bonchev–Trinajstić information content (AvgIpc) is 3.16. The second-order valence-electron chi connectivity index (χ2n) is 5.40. The van der Waals surface area contributed by atoms with Gasteiger partial charge in [-0.2, -0.15) is 5.10 Å². The SMILES string of the molecule is Nc1ncnc2c(-c3cccc(Cl)c3Cl)ccc(OCc3nc[nH]n3)c12. The fraction of sp³-hybridized carbons (Fsp3) is 0.0588. The Balaban J connectivity index is 1.85. The minimum Gasteiger partial charge on any atom is -0.485 e. The van der Waals surface area contributed by atoms with Gasteiger partial charge in [-0.05, 0) is 18.2 Å². The third-order valence-electron chi connectivity index (χ3n) is 3.84. The molecule has 0 amide bonds. The van der Waals surface area contributed by atoms with E-state index < -0.39 is 0 Å². The summed E-state index contributed by atoms with van der Waals surface area (Å²) in [4.78, 5) is 12.5. The fourth-order valence-corrected chi connectivity index (χ4v) is 3.07. The first kappa shape index (κ1) is 16.6. The van der Waals surface area contributed by atoms with Gasteiger partial charge in [-0.1, -0.05) is 35.3 Å². The Kier molecular flexibility index (Phi) is 4.32. The van der Waals surface area contributed by atoms with E-state index >= 15 is 0 Å². The molecule has 2 aromatic carbocycles. The molecular weight excluding hydrogens is 375 g/mol. The first-order valence-electron chi connectivity index (χ1n) is 7.60. The van der Waals surface area contributed by atoms with E-state index in [9.17, 15) is 0 Å². The summed E-state index contributed by atoms with van der Waals surface area (Å²) in [6.07, 6.45) is 2.89. The monoisotopic (exact) mass is 386 g/mol. The Labute approximate surface area is 158 Å². The highest BCUT2D eigenvalue weighted by molar-refractivity contribution is 6.44. The molecule has 0 aliphatic carbocycles. The maximum Gasteiger partial charge on any atom is 0.187 e. The van der Waals surface area contributed by atoms with Crippen LogP contribution in [0.5, 0.6) is 5.75 Å². The number of halogens is 2. The standard InChI is InChI=1S/C17H12Cl2N6O/c18-11-3-1-2-9(15(11)19)10-4-5-12(26-6-13-21-8-24-25-13)14-16(10)22-7-23-17(14)20/h1-5,7-8H,6H2,(H2,20,22,23)(H,21,24,25). The lowest BCUT2D eigenvalue weighted by atomic mass is 10.0. The number of nitrogens with two attached hydrogens (primary N) is 1. The number of aromatic amines is 1. The lowest BCUT2D eigenvalue weighted by Gasteiger charge is -2.13. The number of benzene rings is 2. The van der Waals surface area contributed by atoms with Crippen molar-refractivity contribution in [1.82, 2.24) is 25.1 Å². The molecule has 0 saturated heterocycles. The Morgan fingerprint density at radius 3 is 2.73 bits per heavy atom. The number of anilines is 1. The molecule has 3 N–H and O–H groups in total. The third kappa shape index (κ3) is 2.91. The topological polar surface area (TPSA) is 103 Å². The van der Waals surface area contributed by atoms with Gasteiger partial charge < -0.3 is 10.5 Å². The van der Waals surface area contributed by atoms with Gasteiger partial charge in [0, 0.05) is 11.1 Å². The van der Waals surface area contributed by atoms with Gasteiger partial charge in [0.05, 0.1) is 20.9 Å². The first-order chi connectivity index (χ1) is 12.6. The van der Waals surface area contributed by atoms with Crippen LogP contribution in [0.3, 0.4) is 0 Å². The quantitative estimate of drug-likeness (QED) is 0.551. The zero-order valence-electron chi connectivity index (χ0n) is 13.3. The first-order valence-corrected chi connectivity index (χ1v) is 8.35. The average molecular weight is 387 g/mol. The maximum absolute atomic E-state index is 6.38. The van der Waals surface area contributed by atoms with Crippen LogP contribution >= 0.6 is 23.2 Å². The summed E-state index contributed by atoms with van der Waals surface area (Å²) in [5.74, 6) is 1.36. The summed E-state index contributed by atoms with van der Waals surface area (Å²) in [5.41, 5.74) is 8.25. The van der Waals surface area contributed by atoms with Crippen molar-refractivity contribution in [2.45, 2.75) is 6.61 Å². The number of H-pyrrole nitrogens is 1. The van der Waals surface area contributed by atoms with E-state index in [-0.39, 0.29) is 6.61 Å². The summed E-state index contributed by atoms with van der Waals surface area (Å²) in [5, 5.41) is 8.11. The molecule has 26 heavy (non-hydrogen) atoms. The normalized spacial score (nSPS) is 11.0. The highest BCUT2D eigenvalue weighted by atomic mass is 35.5. The Hall–Kier alpha value is -2.90. The van der Waals surface area contributed by atoms with Crippen LogP contribution < -0.4 is 10.5 Å². The summed E-state index contributed by atoms with van der Waals surface area (Å²) < 4.78 is 5.83. The van der Waals surface area contributed by atoms with Crippen molar-refractivity contribution in [3.63, 3.8) is 0 Å². The molecule has 0 bridgehead atoms. The molecule has 0 aliphatic heterocycles. The second kappa shape index (κ2) is 6.78. The molecule has 0 atom stereocenters. The lowest BCUT2D eigenvalue weighted by molar-refractivity contribution is 0.300. The van der Waals surface area contributed by atoms with E-state index in [0.717, 1.165) is 11.1 Å². The summed E-state index contributed by atoms with van der Waals surface area (Å²) in [6.45, 7) is 0.185. The molecule has 0 radical (unpaired) electrons. The number of rotatable bonds is 4. The van der Waals surface area contributed by atoms with Gasteiger partial charge in [0.15, 0.2) is 5.82 Å². The molecule has 0 fully saturated rings. The number of ether oxygens (including phenoxy) is 1. The van der Waals surface area contributed by atoms with Crippen molar-refractivity contribution in [2.75, 3.05) is 5.73 Å². The van der Waals surface area contributed by atoms with E-state index in [0.29, 0.717) is 38.3 Å². The van der Waals surface area contributed by atoms with Gasteiger partial charge in [-0.15, -0.1) is 0 Å². The summed E-state index contributed by atoms with van der Waals surface area (Å²) >= 11 is 12.5. The van der Waals surface area contributed by atoms with Gasteiger partial charge >= 0.3 is 0 Å². The van der Waals surface area contributed by atoms with Crippen LogP contribution in [0.2, 0.25) is 10.0 Å². The van der Waals surface area contributed by atoms with Gasteiger partial charge in [0.25, 0.3) is 0 Å². The van der Waals surface area contributed by atoms with Crippen LogP contribution in [0.1, 0.15) is 5.82 Å². The highest BCUT2D eigenvalue weighted by Crippen LogP contribution is 2.40. The van der Waals surface area contributed by atoms with Gasteiger partial charge in [-0.25, -0.2) is 15.0 Å². The van der Waals surface area contributed by atoms with Crippen molar-refractivity contribution in [2.24, 2.45) is 0 Å². The molecule has 7 nitrogen and oxygen atoms in total. The maximum atomic E-state index is 6.38. The van der Waals surface area contributed by atoms with E-state index in [4.69, 9.17) is 33.7 Å². The van der Waals surface area contributed by atoms with Crippen LogP contribution in [0, 0.1) is 0 Å². The van der Waals surface area contributed by atoms with Crippen molar-refractivity contribution < 1.29 is 4.74 Å². The molecule has 0 unspecified atom stereocenters. The molecule has 9 heteroatoms. The lowest BCUT2D eigenvalue weighted by Crippen LogP contribution is -2.02. The van der Waals surface area contributed by atoms with Crippen LogP contribution in [-0.4, -0.2) is 25.1 Å². The van der Waals surface area contributed by atoms with Crippen molar-refractivity contribution in [3.8, 4) is 16.9 Å². The van der Waals surface area contributed by atoms with E-state index in [1.165, 1.54) is 12.7 Å². The molecule has 4 rings (SSSR count). The van der Waals surface area contributed by atoms with Gasteiger partial charge in [0.2, 0.25) is 0 Å². The molecule has 0 saturated carbocycles. The largest absolute Gasteiger partial charge is 0.485 e. The molecule has 130 valence electrons. The number of nitrogens with zero attached hydrogens (tertiary/aromatic N) is 4. The van der Waals surface area contributed by atoms with E-state index in [1.54, 1.807) is 12.1 Å². The number of aromatic nitrogens is 5. The fourth-order valence-electron chi connectivity index (χ4n) is 2.66. The zero-order valence-corrected chi connectivity index (χ0v) is 14.8. The van der Waals surface area contributed by atoms with Crippen LogP contribution in [0.25, 0.3) is 22.0 Å². The minimum absolute atomic E-state index is 0.185. The van der Waals surface area contributed by atoms with Crippen molar-refractivity contribution >= 4 is 39.9 Å². The van der Waals surface area contributed by atoms with Gasteiger partial charge in [0.1, 0.15) is 30.8 Å². The number of fused-ring (bicyclic) bond motifs is 1. The Morgan fingerprint density at radius 2 is 1.92 bits per heavy atom. The predicted molar refractivity (Wildman–Crippen MR) is 100 cm³/mol. The van der Waals surface area contributed by atoms with Gasteiger partial charge in [-0.3, -0.25) is 5.10 Å². The number of hydrogen-bond acceptors (Lipinski definition) is 6.